The van der Waals surface area contributed by atoms with Crippen molar-refractivity contribution >= 4 is 33.2 Å². The van der Waals surface area contributed by atoms with Crippen LogP contribution in [0.4, 0.5) is 11.4 Å². The summed E-state index contributed by atoms with van der Waals surface area (Å²) in [6.07, 6.45) is 2.47. The van der Waals surface area contributed by atoms with Crippen LogP contribution in [0.15, 0.2) is 36.4 Å². The highest BCUT2D eigenvalue weighted by Crippen LogP contribution is 2.35. The number of likely N-dealkylation sites (tertiary alicyclic amines) is 1. The molecule has 0 atom stereocenters. The minimum atomic E-state index is -3.29. The Kier molecular flexibility index (Phi) is 6.46. The second-order valence-electron chi connectivity index (χ2n) is 7.99. The number of anilines is 2. The van der Waals surface area contributed by atoms with Crippen LogP contribution in [0.2, 0.25) is 0 Å². The Hall–Kier alpha value is -3.27. The van der Waals surface area contributed by atoms with Crippen molar-refractivity contribution in [3.05, 3.63) is 47.5 Å². The van der Waals surface area contributed by atoms with E-state index in [4.69, 9.17) is 9.47 Å². The lowest BCUT2D eigenvalue weighted by molar-refractivity contribution is 0.0793. The molecule has 0 radical (unpaired) electrons. The number of methoxy groups -OCH3 is 2. The van der Waals surface area contributed by atoms with Gasteiger partial charge >= 0.3 is 0 Å². The number of hydrogen-bond donors (Lipinski definition) is 1. The highest BCUT2D eigenvalue weighted by Gasteiger charge is 2.29. The molecule has 4 rings (SSSR count). The molecular formula is C23H27N3O6S. The smallest absolute Gasteiger partial charge is 0.256 e. The maximum Gasteiger partial charge on any atom is 0.256 e. The number of amides is 2. The fourth-order valence-corrected chi connectivity index (χ4v) is 5.72. The normalized spacial score (nSPS) is 17.2. The molecular weight excluding hydrogens is 446 g/mol. The number of sulfonamides is 1. The summed E-state index contributed by atoms with van der Waals surface area (Å²) in [7, 11) is -0.323. The first kappa shape index (κ1) is 22.9. The third kappa shape index (κ3) is 4.61. The molecule has 1 N–H and O–H groups in total. The molecule has 2 heterocycles. The van der Waals surface area contributed by atoms with E-state index in [1.54, 1.807) is 41.3 Å². The Balaban J connectivity index is 1.60. The van der Waals surface area contributed by atoms with E-state index in [1.807, 2.05) is 0 Å². The molecule has 9 nitrogen and oxygen atoms in total. The van der Waals surface area contributed by atoms with Crippen LogP contribution < -0.4 is 19.1 Å². The summed E-state index contributed by atoms with van der Waals surface area (Å²) in [4.78, 5) is 27.9. The third-order valence-electron chi connectivity index (χ3n) is 5.91. The number of carbonyl (C=O) groups is 2. The standard InChI is InChI=1S/C23H27N3O6S/c1-31-20-14-18(23(28)25-10-3-4-11-25)19(15-21(20)32-2)24-22(27)16-6-8-17(9-7-16)26-12-5-13-33(26,29)30/h6-9,14-15H,3-5,10-13H2,1-2H3,(H,24,27). The average Bonchev–Trinajstić information content (AvgIpc) is 3.47. The molecule has 2 aromatic carbocycles. The van der Waals surface area contributed by atoms with Gasteiger partial charge in [-0.3, -0.25) is 13.9 Å². The average molecular weight is 474 g/mol. The topological polar surface area (TPSA) is 105 Å². The molecule has 2 amide bonds. The summed E-state index contributed by atoms with van der Waals surface area (Å²) in [5, 5.41) is 2.81. The molecule has 2 aromatic rings. The number of nitrogens with one attached hydrogen (secondary N) is 1. The van der Waals surface area contributed by atoms with Gasteiger partial charge in [-0.15, -0.1) is 0 Å². The number of ether oxygens (including phenoxy) is 2. The second kappa shape index (κ2) is 9.30. The van der Waals surface area contributed by atoms with Gasteiger partial charge in [0.05, 0.1) is 36.9 Å². The van der Waals surface area contributed by atoms with Crippen molar-refractivity contribution in [2.24, 2.45) is 0 Å². The summed E-state index contributed by atoms with van der Waals surface area (Å²) in [5.41, 5.74) is 1.51. The molecule has 0 spiro atoms. The monoisotopic (exact) mass is 473 g/mol. The molecule has 0 saturated carbocycles. The van der Waals surface area contributed by atoms with Crippen molar-refractivity contribution in [1.29, 1.82) is 0 Å². The summed E-state index contributed by atoms with van der Waals surface area (Å²) in [5.74, 6) is 0.309. The van der Waals surface area contributed by atoms with Crippen LogP contribution >= 0.6 is 0 Å². The Morgan fingerprint density at radius 1 is 0.909 bits per heavy atom. The first-order chi connectivity index (χ1) is 15.8. The zero-order chi connectivity index (χ0) is 23.6. The Morgan fingerprint density at radius 2 is 1.55 bits per heavy atom. The zero-order valence-corrected chi connectivity index (χ0v) is 19.5. The van der Waals surface area contributed by atoms with Gasteiger partial charge in [0, 0.05) is 31.3 Å². The quantitative estimate of drug-likeness (QED) is 0.692. The van der Waals surface area contributed by atoms with E-state index in [1.165, 1.54) is 18.5 Å². The predicted octanol–water partition coefficient (Wildman–Crippen LogP) is 2.73. The van der Waals surface area contributed by atoms with Crippen LogP contribution in [0, 0.1) is 0 Å². The molecule has 2 aliphatic rings. The van der Waals surface area contributed by atoms with E-state index < -0.39 is 15.9 Å². The molecule has 0 aliphatic carbocycles. The maximum absolute atomic E-state index is 13.1. The van der Waals surface area contributed by atoms with Crippen LogP contribution in [-0.4, -0.2) is 64.7 Å². The fraction of sp³-hybridized carbons (Fsp3) is 0.391. The molecule has 0 bridgehead atoms. The summed E-state index contributed by atoms with van der Waals surface area (Å²) >= 11 is 0. The lowest BCUT2D eigenvalue weighted by atomic mass is 10.1. The van der Waals surface area contributed by atoms with Crippen molar-refractivity contribution in [2.45, 2.75) is 19.3 Å². The van der Waals surface area contributed by atoms with Crippen LogP contribution in [0.25, 0.3) is 0 Å². The molecule has 2 fully saturated rings. The fourth-order valence-electron chi connectivity index (χ4n) is 4.15. The maximum atomic E-state index is 13.1. The lowest BCUT2D eigenvalue weighted by Gasteiger charge is -2.20. The zero-order valence-electron chi connectivity index (χ0n) is 18.7. The minimum absolute atomic E-state index is 0.127. The lowest BCUT2D eigenvalue weighted by Crippen LogP contribution is -2.29. The number of carbonyl (C=O) groups excluding carboxylic acids is 2. The van der Waals surface area contributed by atoms with Crippen molar-refractivity contribution in [3.63, 3.8) is 0 Å². The summed E-state index contributed by atoms with van der Waals surface area (Å²) in [6, 6.07) is 9.52. The van der Waals surface area contributed by atoms with Gasteiger partial charge in [0.1, 0.15) is 0 Å². The first-order valence-electron chi connectivity index (χ1n) is 10.8. The highest BCUT2D eigenvalue weighted by molar-refractivity contribution is 7.93. The van der Waals surface area contributed by atoms with E-state index in [0.717, 1.165) is 12.8 Å². The van der Waals surface area contributed by atoms with E-state index in [9.17, 15) is 18.0 Å². The Labute approximate surface area is 193 Å². The second-order valence-corrected chi connectivity index (χ2v) is 10.0. The van der Waals surface area contributed by atoms with Crippen molar-refractivity contribution in [2.75, 3.05) is 49.2 Å². The molecule has 0 aromatic heterocycles. The van der Waals surface area contributed by atoms with E-state index in [0.29, 0.717) is 60.1 Å². The highest BCUT2D eigenvalue weighted by atomic mass is 32.2. The first-order valence-corrected chi connectivity index (χ1v) is 12.4. The summed E-state index contributed by atoms with van der Waals surface area (Å²) in [6.45, 7) is 1.77. The molecule has 33 heavy (non-hydrogen) atoms. The summed E-state index contributed by atoms with van der Waals surface area (Å²) < 4.78 is 36.3. The Bertz CT molecular complexity index is 1160. The number of rotatable bonds is 6. The minimum Gasteiger partial charge on any atom is -0.493 e. The van der Waals surface area contributed by atoms with Crippen LogP contribution in [-0.2, 0) is 10.0 Å². The largest absolute Gasteiger partial charge is 0.493 e. The third-order valence-corrected chi connectivity index (χ3v) is 7.78. The number of benzene rings is 2. The van der Waals surface area contributed by atoms with Crippen molar-refractivity contribution in [1.82, 2.24) is 4.90 Å². The van der Waals surface area contributed by atoms with Crippen LogP contribution in [0.3, 0.4) is 0 Å². The number of nitrogens with zero attached hydrogens (tertiary/aromatic N) is 2. The Morgan fingerprint density at radius 3 is 2.12 bits per heavy atom. The predicted molar refractivity (Wildman–Crippen MR) is 125 cm³/mol. The van der Waals surface area contributed by atoms with Crippen molar-refractivity contribution in [3.8, 4) is 11.5 Å². The van der Waals surface area contributed by atoms with Gasteiger partial charge in [-0.25, -0.2) is 8.42 Å². The van der Waals surface area contributed by atoms with Crippen molar-refractivity contribution < 1.29 is 27.5 Å². The molecule has 0 unspecified atom stereocenters. The van der Waals surface area contributed by atoms with Gasteiger partial charge in [0.2, 0.25) is 10.0 Å². The van der Waals surface area contributed by atoms with Gasteiger partial charge in [0.15, 0.2) is 11.5 Å². The van der Waals surface area contributed by atoms with Gasteiger partial charge in [-0.2, -0.15) is 0 Å². The van der Waals surface area contributed by atoms with Crippen LogP contribution in [0.1, 0.15) is 40.0 Å². The van der Waals surface area contributed by atoms with Gasteiger partial charge in [-0.05, 0) is 49.6 Å². The van der Waals surface area contributed by atoms with Gasteiger partial charge < -0.3 is 19.7 Å². The molecule has 176 valence electrons. The van der Waals surface area contributed by atoms with E-state index in [-0.39, 0.29) is 11.7 Å². The van der Waals surface area contributed by atoms with E-state index >= 15 is 0 Å². The van der Waals surface area contributed by atoms with E-state index in [2.05, 4.69) is 5.32 Å². The molecule has 10 heteroatoms. The van der Waals surface area contributed by atoms with Crippen LogP contribution in [0.5, 0.6) is 11.5 Å². The number of hydrogen-bond acceptors (Lipinski definition) is 6. The SMILES string of the molecule is COc1cc(NC(=O)c2ccc(N3CCCS3(=O)=O)cc2)c(C(=O)N2CCCC2)cc1OC. The molecule has 2 aliphatic heterocycles. The van der Waals surface area contributed by atoms with Gasteiger partial charge in [0.25, 0.3) is 11.8 Å². The van der Waals surface area contributed by atoms with Gasteiger partial charge in [-0.1, -0.05) is 0 Å². The molecule has 2 saturated heterocycles.